The summed E-state index contributed by atoms with van der Waals surface area (Å²) >= 11 is 0. The van der Waals surface area contributed by atoms with Gasteiger partial charge in [-0.25, -0.2) is 0 Å². The molecule has 0 saturated carbocycles. The molecule has 1 heteroatoms. The van der Waals surface area contributed by atoms with Crippen LogP contribution in [0.2, 0.25) is 0 Å². The van der Waals surface area contributed by atoms with Gasteiger partial charge in [0, 0.05) is 22.8 Å². The van der Waals surface area contributed by atoms with Gasteiger partial charge in [-0.15, -0.1) is 0 Å². The number of hydrogen-bond acceptors (Lipinski definition) is 0. The second-order valence-electron chi connectivity index (χ2n) is 10.1. The highest BCUT2D eigenvalue weighted by Crippen LogP contribution is 2.51. The maximum atomic E-state index is 2.61. The zero-order valence-electron chi connectivity index (χ0n) is 18.7. The molecule has 0 amide bonds. The topological polar surface area (TPSA) is 4.93 Å². The molecular formula is C33H21N. The van der Waals surface area contributed by atoms with Crippen LogP contribution in [0.3, 0.4) is 0 Å². The summed E-state index contributed by atoms with van der Waals surface area (Å²) in [6.07, 6.45) is 3.09. The van der Waals surface area contributed by atoms with Crippen molar-refractivity contribution >= 4 is 21.8 Å². The summed E-state index contributed by atoms with van der Waals surface area (Å²) in [6, 6.07) is 34.3. The lowest BCUT2D eigenvalue weighted by atomic mass is 9.88. The normalized spacial score (nSPS) is 14.1. The van der Waals surface area contributed by atoms with Crippen LogP contribution in [0.15, 0.2) is 91.0 Å². The minimum absolute atomic E-state index is 1.01. The molecule has 0 saturated heterocycles. The fourth-order valence-electron chi connectivity index (χ4n) is 7.07. The smallest absolute Gasteiger partial charge is 0.0580 e. The number of rotatable bonds is 0. The molecular weight excluding hydrogens is 410 g/mol. The molecule has 1 nitrogen and oxygen atoms in total. The van der Waals surface area contributed by atoms with E-state index in [-0.39, 0.29) is 0 Å². The van der Waals surface area contributed by atoms with E-state index in [1.807, 2.05) is 0 Å². The average molecular weight is 432 g/mol. The molecule has 3 aliphatic rings. The van der Waals surface area contributed by atoms with E-state index < -0.39 is 0 Å². The van der Waals surface area contributed by atoms with Crippen molar-refractivity contribution in [3.8, 4) is 27.9 Å². The SMILES string of the molecule is c1ccc2c(c1)Cc1c-2cc2c3ccccc3n3c2c1Cc1ccc2c(c1-3)-c1ccccc1C2. The molecule has 0 bridgehead atoms. The quantitative estimate of drug-likeness (QED) is 0.231. The van der Waals surface area contributed by atoms with E-state index in [0.717, 1.165) is 19.3 Å². The highest BCUT2D eigenvalue weighted by molar-refractivity contribution is 6.14. The number of para-hydroxylation sites is 1. The second kappa shape index (κ2) is 5.87. The van der Waals surface area contributed by atoms with Crippen LogP contribution < -0.4 is 0 Å². The number of fused-ring (bicyclic) bond motifs is 13. The Morgan fingerprint density at radius 3 is 2.12 bits per heavy atom. The predicted octanol–water partition coefficient (Wildman–Crippen LogP) is 7.83. The van der Waals surface area contributed by atoms with Gasteiger partial charge in [0.15, 0.2) is 0 Å². The van der Waals surface area contributed by atoms with Gasteiger partial charge < -0.3 is 4.57 Å². The fraction of sp³-hybridized carbons (Fsp3) is 0.0909. The van der Waals surface area contributed by atoms with Gasteiger partial charge >= 0.3 is 0 Å². The van der Waals surface area contributed by atoms with Gasteiger partial charge in [0.05, 0.1) is 16.7 Å². The van der Waals surface area contributed by atoms with Gasteiger partial charge in [-0.1, -0.05) is 78.9 Å². The van der Waals surface area contributed by atoms with Crippen molar-refractivity contribution in [3.63, 3.8) is 0 Å². The number of benzene rings is 5. The molecule has 158 valence electrons. The van der Waals surface area contributed by atoms with Crippen LogP contribution >= 0.6 is 0 Å². The third kappa shape index (κ3) is 1.94. The number of aromatic nitrogens is 1. The van der Waals surface area contributed by atoms with E-state index in [1.54, 1.807) is 0 Å². The van der Waals surface area contributed by atoms with Crippen LogP contribution in [0.1, 0.15) is 33.4 Å². The Kier molecular flexibility index (Phi) is 3.00. The first-order valence-electron chi connectivity index (χ1n) is 12.3. The van der Waals surface area contributed by atoms with Crippen molar-refractivity contribution in [3.05, 3.63) is 124 Å². The third-order valence-corrected chi connectivity index (χ3v) is 8.46. The van der Waals surface area contributed by atoms with Crippen molar-refractivity contribution in [2.45, 2.75) is 19.3 Å². The lowest BCUT2D eigenvalue weighted by Gasteiger charge is -2.26. The Labute approximate surface area is 197 Å². The van der Waals surface area contributed by atoms with Crippen LogP contribution in [0, 0.1) is 0 Å². The lowest BCUT2D eigenvalue weighted by molar-refractivity contribution is 1.02. The van der Waals surface area contributed by atoms with E-state index >= 15 is 0 Å². The van der Waals surface area contributed by atoms with Crippen molar-refractivity contribution < 1.29 is 0 Å². The van der Waals surface area contributed by atoms with Crippen molar-refractivity contribution in [1.29, 1.82) is 0 Å². The minimum Gasteiger partial charge on any atom is -0.308 e. The van der Waals surface area contributed by atoms with E-state index in [0.29, 0.717) is 0 Å². The Balaban J connectivity index is 1.48. The van der Waals surface area contributed by atoms with Crippen molar-refractivity contribution in [1.82, 2.24) is 4.57 Å². The Morgan fingerprint density at radius 1 is 0.500 bits per heavy atom. The van der Waals surface area contributed by atoms with Gasteiger partial charge in [-0.3, -0.25) is 0 Å². The molecule has 6 aromatic rings. The third-order valence-electron chi connectivity index (χ3n) is 8.46. The van der Waals surface area contributed by atoms with E-state index in [1.165, 1.54) is 83.1 Å². The highest BCUT2D eigenvalue weighted by atomic mass is 15.0. The summed E-state index contributed by atoms with van der Waals surface area (Å²) in [5.41, 5.74) is 18.8. The molecule has 2 aliphatic carbocycles. The van der Waals surface area contributed by atoms with E-state index in [4.69, 9.17) is 0 Å². The molecule has 1 aliphatic heterocycles. The summed E-state index contributed by atoms with van der Waals surface area (Å²) in [4.78, 5) is 0. The fourth-order valence-corrected chi connectivity index (χ4v) is 7.07. The molecule has 1 aromatic heterocycles. The van der Waals surface area contributed by atoms with Crippen LogP contribution in [0.25, 0.3) is 49.7 Å². The molecule has 9 rings (SSSR count). The molecule has 5 aromatic carbocycles. The zero-order chi connectivity index (χ0) is 22.0. The van der Waals surface area contributed by atoms with Gasteiger partial charge in [0.2, 0.25) is 0 Å². The summed E-state index contributed by atoms with van der Waals surface area (Å²) in [7, 11) is 0. The summed E-state index contributed by atoms with van der Waals surface area (Å²) in [5.74, 6) is 0. The molecule has 0 atom stereocenters. The Morgan fingerprint density at radius 2 is 1.21 bits per heavy atom. The largest absolute Gasteiger partial charge is 0.308 e. The molecule has 0 unspecified atom stereocenters. The standard InChI is InChI=1S/C33H21N/c1-3-9-23-20(8-1)16-26-27(23)18-29-25-11-5-6-12-30(25)34-32-22(17-28(26)33(29)34)14-13-21-15-19-7-2-4-10-24(19)31(21)32/h1-14,18H,15-17H2. The Bertz CT molecular complexity index is 1880. The van der Waals surface area contributed by atoms with Crippen molar-refractivity contribution in [2.75, 3.05) is 0 Å². The monoisotopic (exact) mass is 431 g/mol. The number of hydrogen-bond donors (Lipinski definition) is 0. The van der Waals surface area contributed by atoms with Crippen LogP contribution in [0.5, 0.6) is 0 Å². The maximum absolute atomic E-state index is 2.61. The molecule has 34 heavy (non-hydrogen) atoms. The molecule has 0 N–H and O–H groups in total. The van der Waals surface area contributed by atoms with Crippen LogP contribution in [0.4, 0.5) is 0 Å². The zero-order valence-corrected chi connectivity index (χ0v) is 18.7. The highest BCUT2D eigenvalue weighted by Gasteiger charge is 2.33. The lowest BCUT2D eigenvalue weighted by Crippen LogP contribution is -2.12. The first-order chi connectivity index (χ1) is 16.9. The summed E-state index contributed by atoms with van der Waals surface area (Å²) in [6.45, 7) is 0. The second-order valence-corrected chi connectivity index (χ2v) is 10.1. The Hall–Kier alpha value is -4.10. The van der Waals surface area contributed by atoms with Gasteiger partial charge in [0.25, 0.3) is 0 Å². The first kappa shape index (κ1) is 17.4. The van der Waals surface area contributed by atoms with Gasteiger partial charge in [0.1, 0.15) is 0 Å². The predicted molar refractivity (Wildman–Crippen MR) is 140 cm³/mol. The van der Waals surface area contributed by atoms with Crippen LogP contribution in [-0.4, -0.2) is 4.57 Å². The van der Waals surface area contributed by atoms with Crippen molar-refractivity contribution in [2.24, 2.45) is 0 Å². The summed E-state index contributed by atoms with van der Waals surface area (Å²) < 4.78 is 2.61. The minimum atomic E-state index is 1.01. The summed E-state index contributed by atoms with van der Waals surface area (Å²) in [5, 5.41) is 2.76. The molecule has 0 fully saturated rings. The average Bonchev–Trinajstić information content (AvgIpc) is 3.55. The maximum Gasteiger partial charge on any atom is 0.0580 e. The van der Waals surface area contributed by atoms with Gasteiger partial charge in [-0.2, -0.15) is 0 Å². The molecule has 0 spiro atoms. The van der Waals surface area contributed by atoms with E-state index in [2.05, 4.69) is 95.6 Å². The number of nitrogens with zero attached hydrogens (tertiary/aromatic N) is 1. The molecule has 2 heterocycles. The van der Waals surface area contributed by atoms with Crippen LogP contribution in [-0.2, 0) is 19.3 Å². The van der Waals surface area contributed by atoms with E-state index in [9.17, 15) is 0 Å². The first-order valence-corrected chi connectivity index (χ1v) is 12.3. The van der Waals surface area contributed by atoms with Gasteiger partial charge in [-0.05, 0) is 75.0 Å². The molecule has 0 radical (unpaired) electrons.